The summed E-state index contributed by atoms with van der Waals surface area (Å²) >= 11 is 0. The van der Waals surface area contributed by atoms with Crippen LogP contribution in [0.3, 0.4) is 0 Å². The monoisotopic (exact) mass is 234 g/mol. The number of aryl methyl sites for hydroxylation is 1. The number of esters is 1. The van der Waals surface area contributed by atoms with Gasteiger partial charge in [-0.2, -0.15) is 0 Å². The first-order valence-corrected chi connectivity index (χ1v) is 5.76. The average molecular weight is 234 g/mol. The van der Waals surface area contributed by atoms with Gasteiger partial charge in [-0.05, 0) is 12.5 Å². The van der Waals surface area contributed by atoms with Crippen LogP contribution in [0.5, 0.6) is 0 Å². The van der Waals surface area contributed by atoms with Crippen molar-refractivity contribution < 1.29 is 9.53 Å². The summed E-state index contributed by atoms with van der Waals surface area (Å²) in [5.41, 5.74) is 1.87. The molecule has 1 aliphatic heterocycles. The van der Waals surface area contributed by atoms with E-state index in [4.69, 9.17) is 4.74 Å². The molecule has 0 saturated carbocycles. The highest BCUT2D eigenvalue weighted by Crippen LogP contribution is 2.14. The van der Waals surface area contributed by atoms with Gasteiger partial charge in [0, 0.05) is 19.6 Å². The van der Waals surface area contributed by atoms with Gasteiger partial charge in [0.1, 0.15) is 5.54 Å². The molecule has 1 aromatic carbocycles. The molecule has 0 atom stereocenters. The van der Waals surface area contributed by atoms with Gasteiger partial charge in [-0.3, -0.25) is 5.32 Å². The molecule has 17 heavy (non-hydrogen) atoms. The van der Waals surface area contributed by atoms with E-state index in [1.807, 2.05) is 0 Å². The van der Waals surface area contributed by atoms with Crippen molar-refractivity contribution in [3.63, 3.8) is 0 Å². The van der Waals surface area contributed by atoms with Crippen LogP contribution in [0.2, 0.25) is 0 Å². The molecule has 1 heterocycles. The van der Waals surface area contributed by atoms with Crippen LogP contribution in [-0.2, 0) is 16.1 Å². The maximum atomic E-state index is 11.7. The molecule has 0 aliphatic carbocycles. The average Bonchev–Trinajstić information content (AvgIpc) is 2.29. The van der Waals surface area contributed by atoms with Crippen LogP contribution in [0.15, 0.2) is 24.3 Å². The summed E-state index contributed by atoms with van der Waals surface area (Å²) in [7, 11) is 1.43. The minimum atomic E-state index is -0.542. The number of rotatable bonds is 4. The second-order valence-electron chi connectivity index (χ2n) is 4.52. The van der Waals surface area contributed by atoms with Crippen LogP contribution in [0.4, 0.5) is 0 Å². The number of methoxy groups -OCH3 is 1. The number of hydrogen-bond acceptors (Lipinski definition) is 4. The van der Waals surface area contributed by atoms with E-state index >= 15 is 0 Å². The van der Waals surface area contributed by atoms with Crippen LogP contribution in [0.1, 0.15) is 11.1 Å². The van der Waals surface area contributed by atoms with E-state index in [1.54, 1.807) is 0 Å². The normalized spacial score (nSPS) is 17.3. The Morgan fingerprint density at radius 2 is 2.06 bits per heavy atom. The molecule has 2 N–H and O–H groups in total. The van der Waals surface area contributed by atoms with Gasteiger partial charge in [-0.25, -0.2) is 4.79 Å². The number of hydrogen-bond donors (Lipinski definition) is 2. The van der Waals surface area contributed by atoms with Gasteiger partial charge in [0.05, 0.1) is 7.11 Å². The molecular formula is C13H18N2O2. The van der Waals surface area contributed by atoms with Gasteiger partial charge in [-0.15, -0.1) is 0 Å². The fourth-order valence-electron chi connectivity index (χ4n) is 1.89. The van der Waals surface area contributed by atoms with Crippen molar-refractivity contribution in [2.45, 2.75) is 19.0 Å². The summed E-state index contributed by atoms with van der Waals surface area (Å²) in [4.78, 5) is 11.7. The zero-order valence-corrected chi connectivity index (χ0v) is 10.2. The molecule has 1 fully saturated rings. The third-order valence-electron chi connectivity index (χ3n) is 3.18. The Kier molecular flexibility index (Phi) is 3.45. The Morgan fingerprint density at radius 3 is 2.53 bits per heavy atom. The standard InChI is InChI=1S/C13H18N2O2/c1-10-3-5-11(6-4-10)7-15-13(8-14-9-13)12(16)17-2/h3-6,14-15H,7-9H2,1-2H3. The van der Waals surface area contributed by atoms with Gasteiger partial charge in [0.15, 0.2) is 0 Å². The Morgan fingerprint density at radius 1 is 1.41 bits per heavy atom. The van der Waals surface area contributed by atoms with Crippen molar-refractivity contribution in [2.75, 3.05) is 20.2 Å². The number of carbonyl (C=O) groups excluding carboxylic acids is 1. The second kappa shape index (κ2) is 4.85. The SMILES string of the molecule is COC(=O)C1(NCc2ccc(C)cc2)CNC1. The molecule has 1 aromatic rings. The molecule has 0 bridgehead atoms. The van der Waals surface area contributed by atoms with Gasteiger partial charge >= 0.3 is 5.97 Å². The number of carbonyl (C=O) groups is 1. The first kappa shape index (κ1) is 12.1. The molecule has 0 aromatic heterocycles. The third kappa shape index (κ3) is 2.48. The largest absolute Gasteiger partial charge is 0.468 e. The van der Waals surface area contributed by atoms with E-state index in [1.165, 1.54) is 18.2 Å². The fraction of sp³-hybridized carbons (Fsp3) is 0.462. The predicted molar refractivity (Wildman–Crippen MR) is 65.6 cm³/mol. The number of benzene rings is 1. The van der Waals surface area contributed by atoms with Gasteiger partial charge in [0.2, 0.25) is 0 Å². The van der Waals surface area contributed by atoms with Crippen molar-refractivity contribution in [3.05, 3.63) is 35.4 Å². The van der Waals surface area contributed by atoms with Crippen molar-refractivity contribution in [2.24, 2.45) is 0 Å². The summed E-state index contributed by atoms with van der Waals surface area (Å²) < 4.78 is 4.82. The van der Waals surface area contributed by atoms with Crippen molar-refractivity contribution in [3.8, 4) is 0 Å². The van der Waals surface area contributed by atoms with E-state index in [0.29, 0.717) is 19.6 Å². The summed E-state index contributed by atoms with van der Waals surface area (Å²) in [5.74, 6) is -0.191. The first-order valence-electron chi connectivity index (χ1n) is 5.76. The first-order chi connectivity index (χ1) is 8.16. The quantitative estimate of drug-likeness (QED) is 0.749. The maximum Gasteiger partial charge on any atom is 0.328 e. The van der Waals surface area contributed by atoms with Gasteiger partial charge in [0.25, 0.3) is 0 Å². The Hall–Kier alpha value is -1.39. The fourth-order valence-corrected chi connectivity index (χ4v) is 1.89. The molecular weight excluding hydrogens is 216 g/mol. The third-order valence-corrected chi connectivity index (χ3v) is 3.18. The molecule has 0 radical (unpaired) electrons. The van der Waals surface area contributed by atoms with E-state index < -0.39 is 5.54 Å². The molecule has 0 spiro atoms. The molecule has 0 amide bonds. The Bertz CT molecular complexity index is 396. The summed E-state index contributed by atoms with van der Waals surface area (Å²) in [6.07, 6.45) is 0. The van der Waals surface area contributed by atoms with Crippen LogP contribution >= 0.6 is 0 Å². The summed E-state index contributed by atoms with van der Waals surface area (Å²) in [6, 6.07) is 8.28. The highest BCUT2D eigenvalue weighted by Gasteiger charge is 2.44. The van der Waals surface area contributed by atoms with Crippen molar-refractivity contribution in [1.82, 2.24) is 10.6 Å². The van der Waals surface area contributed by atoms with Crippen molar-refractivity contribution >= 4 is 5.97 Å². The molecule has 4 heteroatoms. The molecule has 92 valence electrons. The van der Waals surface area contributed by atoms with Crippen molar-refractivity contribution in [1.29, 1.82) is 0 Å². The van der Waals surface area contributed by atoms with E-state index in [9.17, 15) is 4.79 Å². The Balaban J connectivity index is 1.96. The molecule has 0 unspecified atom stereocenters. The number of nitrogens with one attached hydrogen (secondary N) is 2. The van der Waals surface area contributed by atoms with Gasteiger partial charge < -0.3 is 10.1 Å². The second-order valence-corrected chi connectivity index (χ2v) is 4.52. The lowest BCUT2D eigenvalue weighted by Gasteiger charge is -2.40. The van der Waals surface area contributed by atoms with Crippen LogP contribution in [0, 0.1) is 6.92 Å². The lowest BCUT2D eigenvalue weighted by atomic mass is 9.92. The van der Waals surface area contributed by atoms with Crippen LogP contribution in [0.25, 0.3) is 0 Å². The molecule has 2 rings (SSSR count). The molecule has 4 nitrogen and oxygen atoms in total. The lowest BCUT2D eigenvalue weighted by Crippen LogP contribution is -2.72. The topological polar surface area (TPSA) is 50.4 Å². The van der Waals surface area contributed by atoms with E-state index in [0.717, 1.165) is 0 Å². The van der Waals surface area contributed by atoms with E-state index in [-0.39, 0.29) is 5.97 Å². The zero-order chi connectivity index (χ0) is 12.3. The smallest absolute Gasteiger partial charge is 0.328 e. The summed E-state index contributed by atoms with van der Waals surface area (Å²) in [6.45, 7) is 4.00. The minimum Gasteiger partial charge on any atom is -0.468 e. The highest BCUT2D eigenvalue weighted by atomic mass is 16.5. The zero-order valence-electron chi connectivity index (χ0n) is 10.2. The van der Waals surface area contributed by atoms with E-state index in [2.05, 4.69) is 41.8 Å². The molecule has 1 aliphatic rings. The Labute approximate surface area is 101 Å². The lowest BCUT2D eigenvalue weighted by molar-refractivity contribution is -0.151. The van der Waals surface area contributed by atoms with Gasteiger partial charge in [-0.1, -0.05) is 29.8 Å². The van der Waals surface area contributed by atoms with Crippen LogP contribution in [-0.4, -0.2) is 31.7 Å². The summed E-state index contributed by atoms with van der Waals surface area (Å²) in [5, 5.41) is 6.38. The van der Waals surface area contributed by atoms with Crippen LogP contribution < -0.4 is 10.6 Å². The highest BCUT2D eigenvalue weighted by molar-refractivity contribution is 5.82. The minimum absolute atomic E-state index is 0.191. The number of ether oxygens (including phenoxy) is 1. The maximum absolute atomic E-state index is 11.7. The molecule has 1 saturated heterocycles. The predicted octanol–water partition coefficient (Wildman–Crippen LogP) is 0.600.